The van der Waals surface area contributed by atoms with Crippen molar-refractivity contribution in [3.05, 3.63) is 51.2 Å². The molecule has 1 heterocycles. The fourth-order valence-corrected chi connectivity index (χ4v) is 3.23. The minimum atomic E-state index is 0.190. The minimum Gasteiger partial charge on any atom is -0.491 e. The van der Waals surface area contributed by atoms with E-state index in [9.17, 15) is 0 Å². The van der Waals surface area contributed by atoms with E-state index >= 15 is 0 Å². The molecule has 2 atom stereocenters. The molecule has 1 N–H and O–H groups in total. The Morgan fingerprint density at radius 2 is 1.76 bits per heavy atom. The molecule has 4 heteroatoms. The van der Waals surface area contributed by atoms with Gasteiger partial charge in [-0.15, -0.1) is 11.3 Å². The van der Waals surface area contributed by atoms with Gasteiger partial charge in [0.2, 0.25) is 0 Å². The molecule has 0 spiro atoms. The van der Waals surface area contributed by atoms with Crippen molar-refractivity contribution in [1.82, 2.24) is 5.32 Å². The molecule has 0 aliphatic rings. The molecule has 0 bridgehead atoms. The Hall–Kier alpha value is -1.03. The molecule has 0 radical (unpaired) electrons. The summed E-state index contributed by atoms with van der Waals surface area (Å²) in [5.74, 6) is 0.919. The van der Waals surface area contributed by atoms with Gasteiger partial charge in [0.05, 0.1) is 10.4 Å². The van der Waals surface area contributed by atoms with Gasteiger partial charge in [0.15, 0.2) is 0 Å². The summed E-state index contributed by atoms with van der Waals surface area (Å²) in [7, 11) is 0. The number of hydrogen-bond donors (Lipinski definition) is 1. The van der Waals surface area contributed by atoms with Crippen LogP contribution < -0.4 is 10.1 Å². The van der Waals surface area contributed by atoms with Crippen LogP contribution in [0.15, 0.2) is 35.7 Å². The van der Waals surface area contributed by atoms with Crippen molar-refractivity contribution < 1.29 is 4.74 Å². The van der Waals surface area contributed by atoms with Crippen molar-refractivity contribution in [2.24, 2.45) is 0 Å². The predicted molar refractivity (Wildman–Crippen MR) is 91.5 cm³/mol. The molecule has 1 aromatic heterocycles. The van der Waals surface area contributed by atoms with E-state index in [1.807, 2.05) is 32.0 Å². The number of nitrogens with one attached hydrogen (secondary N) is 1. The van der Waals surface area contributed by atoms with Gasteiger partial charge in [-0.05, 0) is 62.4 Å². The summed E-state index contributed by atoms with van der Waals surface area (Å²) in [5.41, 5.74) is 2.45. The Morgan fingerprint density at radius 1 is 1.05 bits per heavy atom. The van der Waals surface area contributed by atoms with Gasteiger partial charge < -0.3 is 10.1 Å². The zero-order valence-electron chi connectivity index (χ0n) is 12.9. The van der Waals surface area contributed by atoms with Crippen LogP contribution in [0, 0.1) is 0 Å². The van der Waals surface area contributed by atoms with E-state index in [0.717, 1.165) is 10.1 Å². The molecular weight excluding hydrogens is 302 g/mol. The Morgan fingerprint density at radius 3 is 2.38 bits per heavy atom. The third kappa shape index (κ3) is 4.73. The van der Waals surface area contributed by atoms with Crippen LogP contribution in [0.3, 0.4) is 0 Å². The highest BCUT2D eigenvalue weighted by Gasteiger charge is 2.13. The molecule has 21 heavy (non-hydrogen) atoms. The van der Waals surface area contributed by atoms with Crippen molar-refractivity contribution in [2.75, 3.05) is 0 Å². The van der Waals surface area contributed by atoms with Crippen molar-refractivity contribution in [3.63, 3.8) is 0 Å². The van der Waals surface area contributed by atoms with E-state index < -0.39 is 0 Å². The lowest BCUT2D eigenvalue weighted by atomic mass is 10.1. The van der Waals surface area contributed by atoms with Gasteiger partial charge in [0.25, 0.3) is 0 Å². The normalized spacial score (nSPS) is 14.2. The molecule has 0 saturated carbocycles. The third-order valence-corrected chi connectivity index (χ3v) is 4.43. The van der Waals surface area contributed by atoms with Gasteiger partial charge in [-0.3, -0.25) is 0 Å². The first-order valence-electron chi connectivity index (χ1n) is 7.22. The van der Waals surface area contributed by atoms with Gasteiger partial charge >= 0.3 is 0 Å². The number of halogens is 1. The highest BCUT2D eigenvalue weighted by Crippen LogP contribution is 2.27. The summed E-state index contributed by atoms with van der Waals surface area (Å²) in [5, 5.41) is 5.70. The van der Waals surface area contributed by atoms with Crippen LogP contribution in [0.1, 0.15) is 50.9 Å². The molecule has 1 aromatic carbocycles. The molecule has 0 fully saturated rings. The van der Waals surface area contributed by atoms with E-state index in [0.29, 0.717) is 0 Å². The molecule has 0 amide bonds. The van der Waals surface area contributed by atoms with Crippen LogP contribution in [0.5, 0.6) is 5.75 Å². The maximum absolute atomic E-state index is 6.00. The van der Waals surface area contributed by atoms with E-state index in [-0.39, 0.29) is 18.2 Å². The van der Waals surface area contributed by atoms with Crippen LogP contribution in [0.2, 0.25) is 4.34 Å². The number of hydrogen-bond acceptors (Lipinski definition) is 3. The first-order valence-corrected chi connectivity index (χ1v) is 8.48. The molecule has 114 valence electrons. The average Bonchev–Trinajstić information content (AvgIpc) is 2.85. The molecule has 2 rings (SSSR count). The largest absolute Gasteiger partial charge is 0.491 e. The highest BCUT2D eigenvalue weighted by atomic mass is 35.5. The summed E-state index contributed by atoms with van der Waals surface area (Å²) in [6.07, 6.45) is 0.190. The molecule has 0 saturated heterocycles. The first kappa shape index (κ1) is 16.3. The Balaban J connectivity index is 2.04. The fraction of sp³-hybridized carbons (Fsp3) is 0.412. The SMILES string of the molecule is CC(C)Oc1cccc(C(C)NC(C)c2csc(Cl)c2)c1. The average molecular weight is 324 g/mol. The quantitative estimate of drug-likeness (QED) is 0.747. The predicted octanol–water partition coefficient (Wildman–Crippen LogP) is 5.60. The molecule has 2 unspecified atom stereocenters. The molecule has 0 aliphatic heterocycles. The standard InChI is InChI=1S/C17H22ClNOS/c1-11(2)20-16-7-5-6-14(8-16)12(3)19-13(4)15-9-17(18)21-10-15/h5-13,19H,1-4H3. The Bertz CT molecular complexity index is 582. The molecule has 2 nitrogen and oxygen atoms in total. The third-order valence-electron chi connectivity index (χ3n) is 3.32. The lowest BCUT2D eigenvalue weighted by molar-refractivity contribution is 0.242. The summed E-state index contributed by atoms with van der Waals surface area (Å²) < 4.78 is 6.59. The zero-order valence-corrected chi connectivity index (χ0v) is 14.5. The van der Waals surface area contributed by atoms with Crippen LogP contribution in [0.4, 0.5) is 0 Å². The maximum Gasteiger partial charge on any atom is 0.120 e. The minimum absolute atomic E-state index is 0.190. The summed E-state index contributed by atoms with van der Waals surface area (Å²) in [6, 6.07) is 10.8. The number of ether oxygens (including phenoxy) is 1. The Kier molecular flexibility index (Phi) is 5.68. The van der Waals surface area contributed by atoms with Crippen LogP contribution in [-0.2, 0) is 0 Å². The second-order valence-electron chi connectivity index (χ2n) is 5.53. The highest BCUT2D eigenvalue weighted by molar-refractivity contribution is 7.14. The van der Waals surface area contributed by atoms with Gasteiger partial charge in [-0.2, -0.15) is 0 Å². The summed E-state index contributed by atoms with van der Waals surface area (Å²) >= 11 is 7.57. The zero-order chi connectivity index (χ0) is 15.4. The molecular formula is C17H22ClNOS. The monoisotopic (exact) mass is 323 g/mol. The fourth-order valence-electron chi connectivity index (χ4n) is 2.25. The van der Waals surface area contributed by atoms with Crippen LogP contribution in [0.25, 0.3) is 0 Å². The van der Waals surface area contributed by atoms with Crippen LogP contribution in [-0.4, -0.2) is 6.10 Å². The molecule has 2 aromatic rings. The number of rotatable bonds is 6. The van der Waals surface area contributed by atoms with Crippen molar-refractivity contribution in [2.45, 2.75) is 45.9 Å². The van der Waals surface area contributed by atoms with Crippen LogP contribution >= 0.6 is 22.9 Å². The second-order valence-corrected chi connectivity index (χ2v) is 7.08. The first-order chi connectivity index (χ1) is 9.95. The van der Waals surface area contributed by atoms with Gasteiger partial charge in [0.1, 0.15) is 5.75 Å². The summed E-state index contributed by atoms with van der Waals surface area (Å²) in [6.45, 7) is 8.40. The van der Waals surface area contributed by atoms with E-state index in [4.69, 9.17) is 16.3 Å². The van der Waals surface area contributed by atoms with E-state index in [1.54, 1.807) is 11.3 Å². The summed E-state index contributed by atoms with van der Waals surface area (Å²) in [4.78, 5) is 0. The lowest BCUT2D eigenvalue weighted by Gasteiger charge is -2.20. The topological polar surface area (TPSA) is 21.3 Å². The van der Waals surface area contributed by atoms with Gasteiger partial charge in [0, 0.05) is 12.1 Å². The van der Waals surface area contributed by atoms with E-state index in [2.05, 4.69) is 36.7 Å². The second kappa shape index (κ2) is 7.30. The van der Waals surface area contributed by atoms with Gasteiger partial charge in [-0.25, -0.2) is 0 Å². The van der Waals surface area contributed by atoms with Crippen molar-refractivity contribution in [1.29, 1.82) is 0 Å². The maximum atomic E-state index is 6.00. The van der Waals surface area contributed by atoms with Crippen molar-refractivity contribution in [3.8, 4) is 5.75 Å². The number of thiophene rings is 1. The molecule has 0 aliphatic carbocycles. The smallest absolute Gasteiger partial charge is 0.120 e. The van der Waals surface area contributed by atoms with Gasteiger partial charge in [-0.1, -0.05) is 23.7 Å². The lowest BCUT2D eigenvalue weighted by Crippen LogP contribution is -2.22. The van der Waals surface area contributed by atoms with Crippen molar-refractivity contribution >= 4 is 22.9 Å². The van der Waals surface area contributed by atoms with E-state index in [1.165, 1.54) is 11.1 Å². The number of benzene rings is 1. The Labute approximate surface area is 136 Å².